The zero-order valence-corrected chi connectivity index (χ0v) is 8.17. The SMILES string of the molecule is O=C(O)Cc1c(Cl)cccc1OC(F)F. The van der Waals surface area contributed by atoms with Gasteiger partial charge in [-0.2, -0.15) is 8.78 Å². The molecule has 3 nitrogen and oxygen atoms in total. The summed E-state index contributed by atoms with van der Waals surface area (Å²) in [6.07, 6.45) is -0.457. The van der Waals surface area contributed by atoms with Crippen LogP contribution in [-0.4, -0.2) is 17.7 Å². The molecule has 1 rings (SSSR count). The second kappa shape index (κ2) is 4.93. The maximum absolute atomic E-state index is 12.0. The van der Waals surface area contributed by atoms with E-state index < -0.39 is 19.0 Å². The highest BCUT2D eigenvalue weighted by Crippen LogP contribution is 2.28. The average molecular weight is 237 g/mol. The quantitative estimate of drug-likeness (QED) is 0.874. The van der Waals surface area contributed by atoms with E-state index in [0.29, 0.717) is 0 Å². The van der Waals surface area contributed by atoms with Crippen LogP contribution in [-0.2, 0) is 11.2 Å². The third kappa shape index (κ3) is 3.36. The van der Waals surface area contributed by atoms with E-state index in [1.165, 1.54) is 18.2 Å². The average Bonchev–Trinajstić information content (AvgIpc) is 2.09. The van der Waals surface area contributed by atoms with Crippen LogP contribution in [0.15, 0.2) is 18.2 Å². The first-order chi connectivity index (χ1) is 7.00. The molecule has 0 bridgehead atoms. The monoisotopic (exact) mass is 236 g/mol. The Bertz CT molecular complexity index is 368. The summed E-state index contributed by atoms with van der Waals surface area (Å²) in [4.78, 5) is 10.5. The number of carboxylic acid groups (broad SMARTS) is 1. The van der Waals surface area contributed by atoms with Gasteiger partial charge in [0.05, 0.1) is 6.42 Å². The second-order valence-corrected chi connectivity index (χ2v) is 3.07. The lowest BCUT2D eigenvalue weighted by atomic mass is 10.1. The van der Waals surface area contributed by atoms with Crippen LogP contribution < -0.4 is 4.74 Å². The summed E-state index contributed by atoms with van der Waals surface area (Å²) in [6.45, 7) is -3.00. The van der Waals surface area contributed by atoms with Crippen LogP contribution in [0.4, 0.5) is 8.78 Å². The van der Waals surface area contributed by atoms with Gasteiger partial charge in [-0.05, 0) is 12.1 Å². The van der Waals surface area contributed by atoms with Gasteiger partial charge in [0, 0.05) is 10.6 Å². The van der Waals surface area contributed by atoms with Crippen molar-refractivity contribution in [3.05, 3.63) is 28.8 Å². The summed E-state index contributed by atoms with van der Waals surface area (Å²) in [5.74, 6) is -1.37. The first kappa shape index (κ1) is 11.7. The fourth-order valence-corrected chi connectivity index (χ4v) is 1.30. The highest BCUT2D eigenvalue weighted by atomic mass is 35.5. The van der Waals surface area contributed by atoms with Crippen LogP contribution in [0.25, 0.3) is 0 Å². The smallest absolute Gasteiger partial charge is 0.387 e. The lowest BCUT2D eigenvalue weighted by molar-refractivity contribution is -0.136. The lowest BCUT2D eigenvalue weighted by Crippen LogP contribution is -2.08. The van der Waals surface area contributed by atoms with Crippen molar-refractivity contribution >= 4 is 17.6 Å². The molecule has 0 atom stereocenters. The van der Waals surface area contributed by atoms with Crippen LogP contribution in [0.5, 0.6) is 5.75 Å². The molecule has 6 heteroatoms. The van der Waals surface area contributed by atoms with Crippen LogP contribution in [0.3, 0.4) is 0 Å². The first-order valence-corrected chi connectivity index (χ1v) is 4.32. The Hall–Kier alpha value is -1.36. The minimum atomic E-state index is -3.00. The molecular weight excluding hydrogens is 230 g/mol. The lowest BCUT2D eigenvalue weighted by Gasteiger charge is -2.10. The summed E-state index contributed by atoms with van der Waals surface area (Å²) >= 11 is 5.67. The highest BCUT2D eigenvalue weighted by Gasteiger charge is 2.14. The summed E-state index contributed by atoms with van der Waals surface area (Å²) in [5.41, 5.74) is 0.0481. The van der Waals surface area contributed by atoms with Gasteiger partial charge in [0.25, 0.3) is 0 Å². The van der Waals surface area contributed by atoms with E-state index in [1.54, 1.807) is 0 Å². The number of hydrogen-bond donors (Lipinski definition) is 1. The standard InChI is InChI=1S/C9H7ClF2O3/c10-6-2-1-3-7(15-9(11)12)5(6)4-8(13)14/h1-3,9H,4H2,(H,13,14). The molecule has 0 saturated carbocycles. The van der Waals surface area contributed by atoms with Gasteiger partial charge in [-0.3, -0.25) is 4.79 Å². The van der Waals surface area contributed by atoms with Crippen LogP contribution in [0.1, 0.15) is 5.56 Å². The van der Waals surface area contributed by atoms with E-state index in [0.717, 1.165) is 0 Å². The maximum Gasteiger partial charge on any atom is 0.387 e. The predicted octanol–water partition coefficient (Wildman–Crippen LogP) is 2.57. The summed E-state index contributed by atoms with van der Waals surface area (Å²) < 4.78 is 28.1. The molecule has 1 aromatic rings. The topological polar surface area (TPSA) is 46.5 Å². The Morgan fingerprint density at radius 3 is 2.73 bits per heavy atom. The number of carbonyl (C=O) groups is 1. The Morgan fingerprint density at radius 1 is 1.53 bits per heavy atom. The molecule has 0 fully saturated rings. The van der Waals surface area contributed by atoms with Crippen molar-refractivity contribution < 1.29 is 23.4 Å². The third-order valence-corrected chi connectivity index (χ3v) is 1.97. The van der Waals surface area contributed by atoms with Gasteiger partial charge < -0.3 is 9.84 Å². The van der Waals surface area contributed by atoms with Gasteiger partial charge in [-0.25, -0.2) is 0 Å². The number of aliphatic carboxylic acids is 1. The molecule has 0 aliphatic heterocycles. The summed E-state index contributed by atoms with van der Waals surface area (Å²) in [5, 5.41) is 8.64. The highest BCUT2D eigenvalue weighted by molar-refractivity contribution is 6.31. The van der Waals surface area contributed by atoms with Gasteiger partial charge in [0.1, 0.15) is 5.75 Å². The number of ether oxygens (including phenoxy) is 1. The minimum Gasteiger partial charge on any atom is -0.481 e. The Labute approximate surface area is 89.2 Å². The molecule has 0 aliphatic rings. The number of halogens is 3. The molecular formula is C9H7ClF2O3. The van der Waals surface area contributed by atoms with E-state index in [-0.39, 0.29) is 16.3 Å². The van der Waals surface area contributed by atoms with Crippen molar-refractivity contribution in [2.75, 3.05) is 0 Å². The van der Waals surface area contributed by atoms with E-state index >= 15 is 0 Å². The molecule has 0 aromatic heterocycles. The zero-order valence-electron chi connectivity index (χ0n) is 7.41. The molecule has 82 valence electrons. The van der Waals surface area contributed by atoms with Crippen molar-refractivity contribution in [3.63, 3.8) is 0 Å². The van der Waals surface area contributed by atoms with Gasteiger partial charge >= 0.3 is 12.6 Å². The Kier molecular flexibility index (Phi) is 3.85. The van der Waals surface area contributed by atoms with Gasteiger partial charge in [0.2, 0.25) is 0 Å². The molecule has 0 spiro atoms. The van der Waals surface area contributed by atoms with Crippen molar-refractivity contribution in [1.29, 1.82) is 0 Å². The summed E-state index contributed by atoms with van der Waals surface area (Å²) in [6, 6.07) is 4.07. The molecule has 0 unspecified atom stereocenters. The zero-order chi connectivity index (χ0) is 11.4. The molecule has 0 amide bonds. The van der Waals surface area contributed by atoms with E-state index in [1.807, 2.05) is 0 Å². The van der Waals surface area contributed by atoms with Crippen molar-refractivity contribution in [2.45, 2.75) is 13.0 Å². The Morgan fingerprint density at radius 2 is 2.20 bits per heavy atom. The van der Waals surface area contributed by atoms with E-state index in [9.17, 15) is 13.6 Å². The molecule has 1 aromatic carbocycles. The van der Waals surface area contributed by atoms with Gasteiger partial charge in [0.15, 0.2) is 0 Å². The van der Waals surface area contributed by atoms with Gasteiger partial charge in [-0.15, -0.1) is 0 Å². The van der Waals surface area contributed by atoms with Crippen LogP contribution >= 0.6 is 11.6 Å². The molecule has 0 aliphatic carbocycles. The largest absolute Gasteiger partial charge is 0.481 e. The fraction of sp³-hybridized carbons (Fsp3) is 0.222. The van der Waals surface area contributed by atoms with Crippen molar-refractivity contribution in [1.82, 2.24) is 0 Å². The first-order valence-electron chi connectivity index (χ1n) is 3.94. The molecule has 0 saturated heterocycles. The number of alkyl halides is 2. The van der Waals surface area contributed by atoms with Crippen LogP contribution in [0.2, 0.25) is 5.02 Å². The third-order valence-electron chi connectivity index (χ3n) is 1.62. The number of carboxylic acids is 1. The molecule has 0 radical (unpaired) electrons. The Balaban J connectivity index is 3.02. The van der Waals surface area contributed by atoms with Crippen molar-refractivity contribution in [2.24, 2.45) is 0 Å². The van der Waals surface area contributed by atoms with E-state index in [2.05, 4.69) is 4.74 Å². The van der Waals surface area contributed by atoms with Gasteiger partial charge in [-0.1, -0.05) is 17.7 Å². The maximum atomic E-state index is 12.0. The van der Waals surface area contributed by atoms with Crippen LogP contribution in [0, 0.1) is 0 Å². The number of hydrogen-bond acceptors (Lipinski definition) is 2. The fourth-order valence-electron chi connectivity index (χ4n) is 1.07. The minimum absolute atomic E-state index is 0.0481. The molecule has 0 heterocycles. The second-order valence-electron chi connectivity index (χ2n) is 2.67. The summed E-state index contributed by atoms with van der Waals surface area (Å²) in [7, 11) is 0. The number of rotatable bonds is 4. The normalized spacial score (nSPS) is 10.4. The van der Waals surface area contributed by atoms with E-state index in [4.69, 9.17) is 16.7 Å². The molecule has 1 N–H and O–H groups in total. The number of benzene rings is 1. The van der Waals surface area contributed by atoms with Crippen molar-refractivity contribution in [3.8, 4) is 5.75 Å². The molecule has 15 heavy (non-hydrogen) atoms. The predicted molar refractivity (Wildman–Crippen MR) is 49.4 cm³/mol.